The monoisotopic (exact) mass is 374 g/mol. The first-order valence-corrected chi connectivity index (χ1v) is 10.6. The van der Waals surface area contributed by atoms with E-state index in [1.54, 1.807) is 0 Å². The first-order valence-electron chi connectivity index (χ1n) is 10.6. The molecule has 0 heterocycles. The Balaban J connectivity index is 1.60. The molecule has 3 heteroatoms. The van der Waals surface area contributed by atoms with Crippen LogP contribution in [-0.4, -0.2) is 11.6 Å². The maximum absolute atomic E-state index is 13.0. The molecule has 2 aromatic rings. The Kier molecular flexibility index (Phi) is 5.34. The van der Waals surface area contributed by atoms with Gasteiger partial charge in [-0.1, -0.05) is 72.5 Å². The molecule has 2 aliphatic rings. The largest absolute Gasteiger partial charge is 0.273 e. The number of hydrazone groups is 1. The van der Waals surface area contributed by atoms with E-state index in [0.717, 1.165) is 25.0 Å². The van der Waals surface area contributed by atoms with E-state index >= 15 is 0 Å². The van der Waals surface area contributed by atoms with E-state index < -0.39 is 0 Å². The van der Waals surface area contributed by atoms with Crippen molar-refractivity contribution < 1.29 is 4.79 Å². The number of amides is 1. The van der Waals surface area contributed by atoms with Crippen LogP contribution in [0.1, 0.15) is 67.2 Å². The molecule has 146 valence electrons. The molecule has 0 saturated heterocycles. The summed E-state index contributed by atoms with van der Waals surface area (Å²) in [5, 5.41) is 4.51. The number of hydrogen-bond donors (Lipinski definition) is 1. The molecular weight excluding hydrogens is 344 g/mol. The highest BCUT2D eigenvalue weighted by Crippen LogP contribution is 2.59. The standard InChI is InChI=1S/C25H30N2O/c1-18-9-7-11-20(15-18)25(21-12-8-10-19(2)16-21)17-23(25)24(28)27-26-22-13-5-3-4-6-14-22/h7-12,15-16,23H,3-6,13-14,17H2,1-2H3,(H,27,28)/t23-/m0/s1. The number of nitrogens with zero attached hydrogens (tertiary/aromatic N) is 1. The van der Waals surface area contributed by atoms with E-state index in [0.29, 0.717) is 0 Å². The van der Waals surface area contributed by atoms with Crippen LogP contribution < -0.4 is 5.43 Å². The zero-order valence-corrected chi connectivity index (χ0v) is 17.0. The van der Waals surface area contributed by atoms with Crippen LogP contribution in [0.3, 0.4) is 0 Å². The lowest BCUT2D eigenvalue weighted by Crippen LogP contribution is -2.26. The lowest BCUT2D eigenvalue weighted by Gasteiger charge is -2.20. The lowest BCUT2D eigenvalue weighted by molar-refractivity contribution is -0.122. The summed E-state index contributed by atoms with van der Waals surface area (Å²) in [6.07, 6.45) is 7.82. The molecule has 0 bridgehead atoms. The molecule has 0 spiro atoms. The Morgan fingerprint density at radius 2 is 1.50 bits per heavy atom. The van der Waals surface area contributed by atoms with Gasteiger partial charge in [0.1, 0.15) is 0 Å². The second kappa shape index (κ2) is 7.90. The van der Waals surface area contributed by atoms with E-state index in [1.807, 2.05) is 0 Å². The van der Waals surface area contributed by atoms with Crippen molar-refractivity contribution in [1.82, 2.24) is 5.43 Å². The Morgan fingerprint density at radius 3 is 2.04 bits per heavy atom. The number of rotatable bonds is 4. The van der Waals surface area contributed by atoms with Gasteiger partial charge in [0.05, 0.1) is 5.92 Å². The van der Waals surface area contributed by atoms with Gasteiger partial charge in [-0.05, 0) is 57.1 Å². The van der Waals surface area contributed by atoms with Crippen molar-refractivity contribution in [2.45, 2.75) is 64.2 Å². The van der Waals surface area contributed by atoms with Crippen LogP contribution in [-0.2, 0) is 10.2 Å². The molecule has 0 aromatic heterocycles. The minimum absolute atomic E-state index is 0.0553. The maximum atomic E-state index is 13.0. The second-order valence-electron chi connectivity index (χ2n) is 8.54. The summed E-state index contributed by atoms with van der Waals surface area (Å²) in [5.74, 6) is -0.00835. The SMILES string of the molecule is Cc1cccc(C2(c3cccc(C)c3)C[C@H]2C(=O)NN=C2CCCCCC2)c1. The number of carbonyl (C=O) groups is 1. The summed E-state index contributed by atoms with van der Waals surface area (Å²) >= 11 is 0. The molecule has 1 atom stereocenters. The van der Waals surface area contributed by atoms with E-state index in [4.69, 9.17) is 0 Å². The highest BCUT2D eigenvalue weighted by atomic mass is 16.2. The summed E-state index contributed by atoms with van der Waals surface area (Å²) in [6.45, 7) is 4.23. The van der Waals surface area contributed by atoms with Crippen LogP contribution in [0, 0.1) is 19.8 Å². The molecule has 1 amide bonds. The van der Waals surface area contributed by atoms with Gasteiger partial charge in [0.25, 0.3) is 0 Å². The van der Waals surface area contributed by atoms with Crippen molar-refractivity contribution in [3.63, 3.8) is 0 Å². The van der Waals surface area contributed by atoms with Crippen LogP contribution in [0.15, 0.2) is 53.6 Å². The second-order valence-corrected chi connectivity index (χ2v) is 8.54. The molecule has 4 rings (SSSR count). The molecule has 2 fully saturated rings. The van der Waals surface area contributed by atoms with Gasteiger partial charge in [0.15, 0.2) is 0 Å². The van der Waals surface area contributed by atoms with Crippen molar-refractivity contribution in [2.75, 3.05) is 0 Å². The molecule has 3 nitrogen and oxygen atoms in total. The Labute approximate surface area is 168 Å². The van der Waals surface area contributed by atoms with E-state index in [2.05, 4.69) is 72.9 Å². The fraction of sp³-hybridized carbons (Fsp3) is 0.440. The summed E-state index contributed by atoms with van der Waals surface area (Å²) in [6, 6.07) is 17.2. The first kappa shape index (κ1) is 18.9. The molecule has 2 saturated carbocycles. The van der Waals surface area contributed by atoms with Crippen molar-refractivity contribution in [3.8, 4) is 0 Å². The van der Waals surface area contributed by atoms with Crippen molar-refractivity contribution >= 4 is 11.6 Å². The average Bonchev–Trinajstić information content (AvgIpc) is 3.48. The normalized spacial score (nSPS) is 20.9. The minimum Gasteiger partial charge on any atom is -0.273 e. The summed E-state index contributed by atoms with van der Waals surface area (Å²) in [4.78, 5) is 13.0. The maximum Gasteiger partial charge on any atom is 0.244 e. The van der Waals surface area contributed by atoms with E-state index in [1.165, 1.54) is 47.9 Å². The lowest BCUT2D eigenvalue weighted by atomic mass is 9.84. The third kappa shape index (κ3) is 3.76. The van der Waals surface area contributed by atoms with E-state index in [9.17, 15) is 4.79 Å². The summed E-state index contributed by atoms with van der Waals surface area (Å²) in [5.41, 5.74) is 8.77. The van der Waals surface area contributed by atoms with Gasteiger partial charge in [0.2, 0.25) is 5.91 Å². The molecule has 0 aliphatic heterocycles. The Bertz CT molecular complexity index is 843. The summed E-state index contributed by atoms with van der Waals surface area (Å²) < 4.78 is 0. The molecule has 0 unspecified atom stereocenters. The Morgan fingerprint density at radius 1 is 0.929 bits per heavy atom. The van der Waals surface area contributed by atoms with Crippen LogP contribution in [0.2, 0.25) is 0 Å². The molecule has 2 aromatic carbocycles. The van der Waals surface area contributed by atoms with Gasteiger partial charge in [-0.3, -0.25) is 4.79 Å². The number of nitrogens with one attached hydrogen (secondary N) is 1. The highest BCUT2D eigenvalue weighted by molar-refractivity contribution is 5.89. The van der Waals surface area contributed by atoms with E-state index in [-0.39, 0.29) is 17.2 Å². The Hall–Kier alpha value is -2.42. The smallest absolute Gasteiger partial charge is 0.244 e. The summed E-state index contributed by atoms with van der Waals surface area (Å²) in [7, 11) is 0. The van der Waals surface area contributed by atoms with Gasteiger partial charge >= 0.3 is 0 Å². The topological polar surface area (TPSA) is 41.5 Å². The quantitative estimate of drug-likeness (QED) is 0.562. The fourth-order valence-electron chi connectivity index (χ4n) is 4.69. The molecular formula is C25H30N2O. The predicted molar refractivity (Wildman–Crippen MR) is 115 cm³/mol. The zero-order valence-electron chi connectivity index (χ0n) is 17.0. The number of hydrogen-bond acceptors (Lipinski definition) is 2. The van der Waals surface area contributed by atoms with Gasteiger partial charge in [-0.25, -0.2) is 5.43 Å². The van der Waals surface area contributed by atoms with Crippen molar-refractivity contribution in [1.29, 1.82) is 0 Å². The number of carbonyl (C=O) groups excluding carboxylic acids is 1. The first-order chi connectivity index (χ1) is 13.6. The molecule has 2 aliphatic carbocycles. The fourth-order valence-corrected chi connectivity index (χ4v) is 4.69. The van der Waals surface area contributed by atoms with Gasteiger partial charge in [-0.15, -0.1) is 0 Å². The van der Waals surface area contributed by atoms with Crippen LogP contribution in [0.4, 0.5) is 0 Å². The predicted octanol–water partition coefficient (Wildman–Crippen LogP) is 5.44. The highest BCUT2D eigenvalue weighted by Gasteiger charge is 2.60. The zero-order chi connectivity index (χ0) is 19.6. The van der Waals surface area contributed by atoms with Gasteiger partial charge in [0, 0.05) is 11.1 Å². The number of aryl methyl sites for hydroxylation is 2. The molecule has 0 radical (unpaired) electrons. The average molecular weight is 375 g/mol. The van der Waals surface area contributed by atoms with Crippen LogP contribution in [0.5, 0.6) is 0 Å². The minimum atomic E-state index is -0.230. The van der Waals surface area contributed by atoms with Gasteiger partial charge < -0.3 is 0 Å². The molecule has 1 N–H and O–H groups in total. The van der Waals surface area contributed by atoms with Crippen molar-refractivity contribution in [3.05, 3.63) is 70.8 Å². The number of benzene rings is 2. The van der Waals surface area contributed by atoms with Gasteiger partial charge in [-0.2, -0.15) is 5.10 Å². The third-order valence-corrected chi connectivity index (χ3v) is 6.35. The molecule has 28 heavy (non-hydrogen) atoms. The van der Waals surface area contributed by atoms with Crippen LogP contribution in [0.25, 0.3) is 0 Å². The third-order valence-electron chi connectivity index (χ3n) is 6.35. The van der Waals surface area contributed by atoms with Crippen LogP contribution >= 0.6 is 0 Å². The van der Waals surface area contributed by atoms with Crippen molar-refractivity contribution in [2.24, 2.45) is 11.0 Å².